The number of ether oxygens (including phenoxy) is 1. The fourth-order valence-electron chi connectivity index (χ4n) is 2.29. The number of hydrogen-bond acceptors (Lipinski definition) is 3. The van der Waals surface area contributed by atoms with E-state index in [-0.39, 0.29) is 5.82 Å². The van der Waals surface area contributed by atoms with Crippen molar-refractivity contribution in [1.82, 2.24) is 5.16 Å². The van der Waals surface area contributed by atoms with Crippen LogP contribution in [0.3, 0.4) is 0 Å². The van der Waals surface area contributed by atoms with Gasteiger partial charge in [-0.25, -0.2) is 4.39 Å². The minimum Gasteiger partial charge on any atom is -0.381 e. The first-order chi connectivity index (χ1) is 9.25. The van der Waals surface area contributed by atoms with Gasteiger partial charge in [0.25, 0.3) is 0 Å². The van der Waals surface area contributed by atoms with Crippen LogP contribution in [0.1, 0.15) is 24.5 Å². The van der Waals surface area contributed by atoms with Crippen molar-refractivity contribution in [2.45, 2.75) is 18.8 Å². The lowest BCUT2D eigenvalue weighted by molar-refractivity contribution is 0.0789. The Morgan fingerprint density at radius 1 is 1.16 bits per heavy atom. The van der Waals surface area contributed by atoms with E-state index >= 15 is 0 Å². The van der Waals surface area contributed by atoms with Gasteiger partial charge in [-0.15, -0.1) is 0 Å². The number of halogens is 2. The molecular weight excluding hydrogens is 313 g/mol. The molecule has 0 unspecified atom stereocenters. The third-order valence-electron chi connectivity index (χ3n) is 3.37. The molecule has 2 aromatic rings. The highest BCUT2D eigenvalue weighted by Crippen LogP contribution is 2.38. The van der Waals surface area contributed by atoms with Crippen LogP contribution in [0.5, 0.6) is 0 Å². The lowest BCUT2D eigenvalue weighted by atomic mass is 9.97. The zero-order valence-electron chi connectivity index (χ0n) is 10.2. The number of nitrogens with zero attached hydrogens (tertiary/aromatic N) is 1. The van der Waals surface area contributed by atoms with Gasteiger partial charge in [0.15, 0.2) is 5.76 Å². The van der Waals surface area contributed by atoms with Crippen molar-refractivity contribution in [2.75, 3.05) is 13.2 Å². The Morgan fingerprint density at radius 3 is 2.53 bits per heavy atom. The van der Waals surface area contributed by atoms with Gasteiger partial charge in [0.1, 0.15) is 11.5 Å². The summed E-state index contributed by atoms with van der Waals surface area (Å²) in [5.41, 5.74) is 1.57. The zero-order valence-corrected chi connectivity index (χ0v) is 11.8. The first-order valence-corrected chi connectivity index (χ1v) is 7.04. The van der Waals surface area contributed by atoms with Crippen molar-refractivity contribution in [2.24, 2.45) is 0 Å². The quantitative estimate of drug-likeness (QED) is 0.832. The Morgan fingerprint density at radius 2 is 1.84 bits per heavy atom. The second-order valence-corrected chi connectivity index (χ2v) is 5.40. The molecule has 1 aromatic carbocycles. The summed E-state index contributed by atoms with van der Waals surface area (Å²) in [6.07, 6.45) is 1.88. The van der Waals surface area contributed by atoms with Crippen LogP contribution < -0.4 is 0 Å². The predicted octanol–water partition coefficient (Wildman–Crippen LogP) is 4.14. The van der Waals surface area contributed by atoms with Gasteiger partial charge in [-0.1, -0.05) is 5.16 Å². The highest BCUT2D eigenvalue weighted by molar-refractivity contribution is 9.10. The molecule has 0 atom stereocenters. The Hall–Kier alpha value is -1.20. The van der Waals surface area contributed by atoms with Gasteiger partial charge >= 0.3 is 0 Å². The van der Waals surface area contributed by atoms with E-state index in [1.807, 2.05) is 0 Å². The average molecular weight is 326 g/mol. The van der Waals surface area contributed by atoms with Gasteiger partial charge in [-0.2, -0.15) is 0 Å². The molecule has 1 fully saturated rings. The highest BCUT2D eigenvalue weighted by atomic mass is 79.9. The second kappa shape index (κ2) is 5.43. The Bertz CT molecular complexity index is 561. The molecule has 19 heavy (non-hydrogen) atoms. The number of rotatable bonds is 2. The molecule has 0 bridgehead atoms. The number of hydrogen-bond donors (Lipinski definition) is 0. The lowest BCUT2D eigenvalue weighted by Crippen LogP contribution is -2.13. The van der Waals surface area contributed by atoms with Gasteiger partial charge in [0.05, 0.1) is 4.47 Å². The summed E-state index contributed by atoms with van der Waals surface area (Å²) >= 11 is 3.55. The Balaban J connectivity index is 1.91. The molecule has 1 aliphatic heterocycles. The van der Waals surface area contributed by atoms with Crippen LogP contribution in [-0.4, -0.2) is 18.4 Å². The summed E-state index contributed by atoms with van der Waals surface area (Å²) < 4.78 is 24.6. The molecule has 0 saturated carbocycles. The third-order valence-corrected chi connectivity index (χ3v) is 4.14. The van der Waals surface area contributed by atoms with E-state index in [1.165, 1.54) is 12.1 Å². The van der Waals surface area contributed by atoms with E-state index < -0.39 is 0 Å². The van der Waals surface area contributed by atoms with Crippen molar-refractivity contribution in [3.63, 3.8) is 0 Å². The molecule has 1 aromatic heterocycles. The average Bonchev–Trinajstić information content (AvgIpc) is 2.83. The van der Waals surface area contributed by atoms with E-state index in [1.54, 1.807) is 12.1 Å². The summed E-state index contributed by atoms with van der Waals surface area (Å²) in [5.74, 6) is 0.945. The van der Waals surface area contributed by atoms with Gasteiger partial charge in [0.2, 0.25) is 0 Å². The van der Waals surface area contributed by atoms with Crippen LogP contribution in [0.25, 0.3) is 11.3 Å². The molecule has 100 valence electrons. The second-order valence-electron chi connectivity index (χ2n) is 4.60. The van der Waals surface area contributed by atoms with Crippen LogP contribution in [0.2, 0.25) is 0 Å². The van der Waals surface area contributed by atoms with Gasteiger partial charge < -0.3 is 9.26 Å². The minimum absolute atomic E-state index is 0.256. The molecule has 1 aliphatic rings. The van der Waals surface area contributed by atoms with Crippen molar-refractivity contribution in [1.29, 1.82) is 0 Å². The minimum atomic E-state index is -0.256. The molecule has 0 N–H and O–H groups in total. The van der Waals surface area contributed by atoms with Crippen LogP contribution in [0.4, 0.5) is 4.39 Å². The maximum absolute atomic E-state index is 12.9. The largest absolute Gasteiger partial charge is 0.381 e. The summed E-state index contributed by atoms with van der Waals surface area (Å²) in [7, 11) is 0. The molecule has 0 aliphatic carbocycles. The van der Waals surface area contributed by atoms with Gasteiger partial charge in [-0.3, -0.25) is 0 Å². The summed E-state index contributed by atoms with van der Waals surface area (Å²) in [5, 5.41) is 4.11. The fourth-order valence-corrected chi connectivity index (χ4v) is 2.99. The summed E-state index contributed by atoms with van der Waals surface area (Å²) in [4.78, 5) is 0. The fraction of sp³-hybridized carbons (Fsp3) is 0.357. The smallest absolute Gasteiger partial charge is 0.154 e. The highest BCUT2D eigenvalue weighted by Gasteiger charge is 2.25. The topological polar surface area (TPSA) is 35.3 Å². The molecule has 3 rings (SSSR count). The van der Waals surface area contributed by atoms with E-state index in [0.29, 0.717) is 5.92 Å². The Labute approximate surface area is 118 Å². The van der Waals surface area contributed by atoms with Crippen LogP contribution in [0, 0.1) is 5.82 Å². The summed E-state index contributed by atoms with van der Waals surface area (Å²) in [6.45, 7) is 1.51. The van der Waals surface area contributed by atoms with Crippen LogP contribution in [-0.2, 0) is 4.74 Å². The monoisotopic (exact) mass is 325 g/mol. The standard InChI is InChI=1S/C14H13BrFNO2/c15-12-13(9-1-3-11(16)4-2-9)17-19-14(12)10-5-7-18-8-6-10/h1-4,10H,5-8H2. The van der Waals surface area contributed by atoms with Crippen molar-refractivity contribution >= 4 is 15.9 Å². The van der Waals surface area contributed by atoms with Crippen LogP contribution in [0.15, 0.2) is 33.3 Å². The maximum atomic E-state index is 12.9. The van der Waals surface area contributed by atoms with Crippen molar-refractivity contribution < 1.29 is 13.7 Å². The predicted molar refractivity (Wildman–Crippen MR) is 72.4 cm³/mol. The van der Waals surface area contributed by atoms with E-state index in [0.717, 1.165) is 47.5 Å². The first-order valence-electron chi connectivity index (χ1n) is 6.24. The van der Waals surface area contributed by atoms with E-state index in [2.05, 4.69) is 21.1 Å². The molecule has 5 heteroatoms. The molecule has 0 radical (unpaired) electrons. The third kappa shape index (κ3) is 2.58. The molecular formula is C14H13BrFNO2. The van der Waals surface area contributed by atoms with E-state index in [4.69, 9.17) is 9.26 Å². The molecule has 1 saturated heterocycles. The summed E-state index contributed by atoms with van der Waals surface area (Å²) in [6, 6.07) is 6.24. The molecule has 0 spiro atoms. The van der Waals surface area contributed by atoms with E-state index in [9.17, 15) is 4.39 Å². The van der Waals surface area contributed by atoms with Gasteiger partial charge in [-0.05, 0) is 53.0 Å². The number of aromatic nitrogens is 1. The van der Waals surface area contributed by atoms with Crippen molar-refractivity contribution in [3.8, 4) is 11.3 Å². The lowest BCUT2D eigenvalue weighted by Gasteiger charge is -2.19. The SMILES string of the molecule is Fc1ccc(-c2noc(C3CCOCC3)c2Br)cc1. The zero-order chi connectivity index (χ0) is 13.2. The molecule has 0 amide bonds. The van der Waals surface area contributed by atoms with Crippen LogP contribution >= 0.6 is 15.9 Å². The maximum Gasteiger partial charge on any atom is 0.154 e. The Kier molecular flexibility index (Phi) is 3.66. The first kappa shape index (κ1) is 12.8. The van der Waals surface area contributed by atoms with Crippen molar-refractivity contribution in [3.05, 3.63) is 40.3 Å². The van der Waals surface area contributed by atoms with Gasteiger partial charge in [0, 0.05) is 24.7 Å². The number of benzene rings is 1. The molecule has 2 heterocycles. The normalized spacial score (nSPS) is 16.7. The molecule has 3 nitrogen and oxygen atoms in total.